The van der Waals surface area contributed by atoms with Gasteiger partial charge in [-0.3, -0.25) is 4.79 Å². The predicted molar refractivity (Wildman–Crippen MR) is 88.8 cm³/mol. The number of carbonyl (C=O) groups excluding carboxylic acids is 1. The summed E-state index contributed by atoms with van der Waals surface area (Å²) in [7, 11) is 0. The molecule has 0 saturated heterocycles. The number of alkyl halides is 3. The molecule has 0 N–H and O–H groups in total. The van der Waals surface area contributed by atoms with Crippen LogP contribution in [0.15, 0.2) is 35.4 Å². The van der Waals surface area contributed by atoms with E-state index < -0.39 is 29.0 Å². The second-order valence-corrected chi connectivity index (χ2v) is 5.87. The molecule has 3 heterocycles. The van der Waals surface area contributed by atoms with E-state index in [-0.39, 0.29) is 24.0 Å². The molecule has 3 rings (SSSR count). The van der Waals surface area contributed by atoms with Crippen LogP contribution in [0.4, 0.5) is 13.2 Å². The van der Waals surface area contributed by atoms with Crippen LogP contribution < -0.4 is 5.56 Å². The number of hydrogen-bond donors (Lipinski definition) is 0. The van der Waals surface area contributed by atoms with Gasteiger partial charge in [0.15, 0.2) is 5.69 Å². The first-order chi connectivity index (χ1) is 12.7. The van der Waals surface area contributed by atoms with Crippen molar-refractivity contribution in [2.45, 2.75) is 19.6 Å². The average Bonchev–Trinajstić information content (AvgIpc) is 3.06. The van der Waals surface area contributed by atoms with E-state index in [4.69, 9.17) is 16.3 Å². The number of carbonyl (C=O) groups is 1. The third kappa shape index (κ3) is 3.80. The lowest BCUT2D eigenvalue weighted by molar-refractivity contribution is -0.141. The summed E-state index contributed by atoms with van der Waals surface area (Å²) in [5, 5.41) is 3.57. The van der Waals surface area contributed by atoms with Crippen LogP contribution in [-0.4, -0.2) is 31.7 Å². The number of halogens is 4. The fraction of sp³-hybridized carbons (Fsp3) is 0.250. The standard InChI is InChI=1S/C16H12ClF3N4O3/c1-2-27-15(26)10-8-23(7-9-3-4-12(17)21-6-9)13-5-11(16(18,19)20)22-24(13)14(10)25/h3-6,8H,2,7H2,1H3. The molecular formula is C16H12ClF3N4O3. The van der Waals surface area contributed by atoms with Gasteiger partial charge in [-0.05, 0) is 18.6 Å². The molecule has 0 radical (unpaired) electrons. The molecule has 0 aliphatic rings. The van der Waals surface area contributed by atoms with E-state index in [9.17, 15) is 22.8 Å². The van der Waals surface area contributed by atoms with E-state index in [1.807, 2.05) is 0 Å². The minimum Gasteiger partial charge on any atom is -0.462 e. The highest BCUT2D eigenvalue weighted by atomic mass is 35.5. The highest BCUT2D eigenvalue weighted by molar-refractivity contribution is 6.29. The quantitative estimate of drug-likeness (QED) is 0.497. The first-order valence-corrected chi connectivity index (χ1v) is 8.06. The molecule has 3 aromatic heterocycles. The van der Waals surface area contributed by atoms with Gasteiger partial charge in [-0.25, -0.2) is 9.78 Å². The summed E-state index contributed by atoms with van der Waals surface area (Å²) in [5.41, 5.74) is -2.21. The summed E-state index contributed by atoms with van der Waals surface area (Å²) in [6.45, 7) is 1.58. The SMILES string of the molecule is CCOC(=O)c1cn(Cc2ccc(Cl)nc2)c2cc(C(F)(F)F)nn2c1=O. The van der Waals surface area contributed by atoms with Crippen LogP contribution in [0.25, 0.3) is 5.65 Å². The fourth-order valence-electron chi connectivity index (χ4n) is 2.43. The summed E-state index contributed by atoms with van der Waals surface area (Å²) >= 11 is 5.73. The van der Waals surface area contributed by atoms with Gasteiger partial charge in [0.2, 0.25) is 0 Å². The van der Waals surface area contributed by atoms with E-state index in [2.05, 4.69) is 10.1 Å². The van der Waals surface area contributed by atoms with Crippen molar-refractivity contribution in [3.63, 3.8) is 0 Å². The van der Waals surface area contributed by atoms with Crippen LogP contribution in [0.1, 0.15) is 28.5 Å². The van der Waals surface area contributed by atoms with Crippen molar-refractivity contribution in [3.8, 4) is 0 Å². The Hall–Kier alpha value is -2.88. The summed E-state index contributed by atoms with van der Waals surface area (Å²) in [6, 6.07) is 3.87. The number of fused-ring (bicyclic) bond motifs is 1. The summed E-state index contributed by atoms with van der Waals surface area (Å²) in [5.74, 6) is -0.948. The first kappa shape index (κ1) is 18.9. The van der Waals surface area contributed by atoms with Crippen LogP contribution in [0.3, 0.4) is 0 Å². The third-order valence-electron chi connectivity index (χ3n) is 3.62. The Bertz CT molecular complexity index is 1060. The Balaban J connectivity index is 2.20. The number of pyridine rings is 1. The molecule has 0 aromatic carbocycles. The Morgan fingerprint density at radius 1 is 1.33 bits per heavy atom. The molecule has 27 heavy (non-hydrogen) atoms. The van der Waals surface area contributed by atoms with Crippen LogP contribution in [0, 0.1) is 0 Å². The molecule has 7 nitrogen and oxygen atoms in total. The number of ether oxygens (including phenoxy) is 1. The molecular weight excluding hydrogens is 389 g/mol. The molecule has 142 valence electrons. The number of nitrogens with zero attached hydrogens (tertiary/aromatic N) is 4. The smallest absolute Gasteiger partial charge is 0.435 e. The third-order valence-corrected chi connectivity index (χ3v) is 3.84. The van der Waals surface area contributed by atoms with Gasteiger partial charge in [0.25, 0.3) is 5.56 Å². The van der Waals surface area contributed by atoms with Crippen molar-refractivity contribution in [1.82, 2.24) is 19.2 Å². The maximum absolute atomic E-state index is 13.0. The molecule has 0 amide bonds. The van der Waals surface area contributed by atoms with Crippen molar-refractivity contribution >= 4 is 23.2 Å². The number of esters is 1. The fourth-order valence-corrected chi connectivity index (χ4v) is 2.54. The topological polar surface area (TPSA) is 78.5 Å². The minimum absolute atomic E-state index is 0.00429. The second-order valence-electron chi connectivity index (χ2n) is 5.48. The van der Waals surface area contributed by atoms with Crippen molar-refractivity contribution in [2.75, 3.05) is 6.61 Å². The minimum atomic E-state index is -4.75. The van der Waals surface area contributed by atoms with Crippen molar-refractivity contribution in [3.05, 3.63) is 62.9 Å². The lowest BCUT2D eigenvalue weighted by atomic mass is 10.2. The number of hydrogen-bond acceptors (Lipinski definition) is 5. The highest BCUT2D eigenvalue weighted by Gasteiger charge is 2.35. The maximum atomic E-state index is 13.0. The molecule has 0 unspecified atom stereocenters. The van der Waals surface area contributed by atoms with Crippen LogP contribution >= 0.6 is 11.6 Å². The number of rotatable bonds is 4. The van der Waals surface area contributed by atoms with Gasteiger partial charge in [-0.2, -0.15) is 22.8 Å². The Labute approximate surface area is 155 Å². The Morgan fingerprint density at radius 3 is 2.67 bits per heavy atom. The van der Waals surface area contributed by atoms with E-state index in [1.54, 1.807) is 13.0 Å². The zero-order valence-electron chi connectivity index (χ0n) is 13.8. The van der Waals surface area contributed by atoms with Gasteiger partial charge in [-0.1, -0.05) is 17.7 Å². The lowest BCUT2D eigenvalue weighted by Gasteiger charge is -2.11. The van der Waals surface area contributed by atoms with E-state index >= 15 is 0 Å². The Kier molecular flexibility index (Phi) is 4.92. The van der Waals surface area contributed by atoms with Crippen LogP contribution in [0.5, 0.6) is 0 Å². The van der Waals surface area contributed by atoms with Crippen molar-refractivity contribution in [1.29, 1.82) is 0 Å². The zero-order chi connectivity index (χ0) is 19.8. The molecule has 0 aliphatic heterocycles. The van der Waals surface area contributed by atoms with Gasteiger partial charge in [0.05, 0.1) is 13.2 Å². The zero-order valence-corrected chi connectivity index (χ0v) is 14.6. The molecule has 0 fully saturated rings. The van der Waals surface area contributed by atoms with Crippen LogP contribution in [0.2, 0.25) is 5.15 Å². The predicted octanol–water partition coefficient (Wildman–Crippen LogP) is 2.79. The average molecular weight is 401 g/mol. The monoisotopic (exact) mass is 400 g/mol. The first-order valence-electron chi connectivity index (χ1n) is 7.68. The molecule has 3 aromatic rings. The van der Waals surface area contributed by atoms with Gasteiger partial charge >= 0.3 is 12.1 Å². The van der Waals surface area contributed by atoms with Gasteiger partial charge in [-0.15, -0.1) is 0 Å². The largest absolute Gasteiger partial charge is 0.462 e. The summed E-state index contributed by atoms with van der Waals surface area (Å²) in [6.07, 6.45) is -2.17. The molecule has 0 bridgehead atoms. The van der Waals surface area contributed by atoms with Gasteiger partial charge in [0, 0.05) is 18.5 Å². The number of aromatic nitrogens is 4. The highest BCUT2D eigenvalue weighted by Crippen LogP contribution is 2.28. The molecule has 11 heteroatoms. The maximum Gasteiger partial charge on any atom is 0.435 e. The van der Waals surface area contributed by atoms with Crippen LogP contribution in [-0.2, 0) is 17.5 Å². The molecule has 0 saturated carbocycles. The summed E-state index contributed by atoms with van der Waals surface area (Å²) < 4.78 is 45.8. The van der Waals surface area contributed by atoms with Gasteiger partial charge < -0.3 is 9.30 Å². The van der Waals surface area contributed by atoms with E-state index in [0.29, 0.717) is 10.1 Å². The van der Waals surface area contributed by atoms with E-state index in [0.717, 1.165) is 12.3 Å². The second kappa shape index (κ2) is 7.03. The lowest BCUT2D eigenvalue weighted by Crippen LogP contribution is -2.27. The normalized spacial score (nSPS) is 11.7. The van der Waals surface area contributed by atoms with Crippen molar-refractivity contribution in [2.24, 2.45) is 0 Å². The van der Waals surface area contributed by atoms with E-state index in [1.165, 1.54) is 16.8 Å². The van der Waals surface area contributed by atoms with Crippen molar-refractivity contribution < 1.29 is 22.7 Å². The molecule has 0 spiro atoms. The molecule has 0 atom stereocenters. The Morgan fingerprint density at radius 2 is 2.07 bits per heavy atom. The summed E-state index contributed by atoms with van der Waals surface area (Å²) in [4.78, 5) is 28.4. The van der Waals surface area contributed by atoms with Gasteiger partial charge in [0.1, 0.15) is 16.4 Å². The molecule has 0 aliphatic carbocycles.